The Hall–Kier alpha value is -3.01. The first kappa shape index (κ1) is 20.3. The molecule has 4 amide bonds. The highest BCUT2D eigenvalue weighted by Crippen LogP contribution is 2.48. The standard InChI is InChI=1S/C20H24N4O6/c1-4-7-22-18(26)20(17(25)21-19(22)27)9-13-8-14(24(28)29)5-6-15(13)23-10-11(2)30-12(3)16(20)23/h5-6,8,11-12,16H,4,7,9-10H2,1-3H3,(H,21,25,27)/t11-,12-,16-,20-/m1/s1. The summed E-state index contributed by atoms with van der Waals surface area (Å²) in [5.74, 6) is -1.25. The van der Waals surface area contributed by atoms with Crippen LogP contribution in [0.5, 0.6) is 0 Å². The topological polar surface area (TPSA) is 122 Å². The Kier molecular flexibility index (Phi) is 4.76. The maximum atomic E-state index is 13.7. The van der Waals surface area contributed by atoms with Crippen molar-refractivity contribution in [2.75, 3.05) is 18.0 Å². The number of barbiturate groups is 1. The van der Waals surface area contributed by atoms with E-state index in [4.69, 9.17) is 4.74 Å². The molecule has 3 aliphatic rings. The molecule has 2 saturated heterocycles. The third-order valence-corrected chi connectivity index (χ3v) is 6.18. The first-order valence-corrected chi connectivity index (χ1v) is 10.1. The number of nitrogens with zero attached hydrogens (tertiary/aromatic N) is 3. The largest absolute Gasteiger partial charge is 0.372 e. The molecule has 0 bridgehead atoms. The number of hydrogen-bond donors (Lipinski definition) is 1. The number of urea groups is 1. The van der Waals surface area contributed by atoms with Crippen molar-refractivity contribution in [3.63, 3.8) is 0 Å². The molecule has 30 heavy (non-hydrogen) atoms. The lowest BCUT2D eigenvalue weighted by atomic mass is 9.66. The van der Waals surface area contributed by atoms with Crippen LogP contribution in [0.1, 0.15) is 32.8 Å². The number of morpholine rings is 1. The second-order valence-corrected chi connectivity index (χ2v) is 8.18. The molecule has 0 aromatic heterocycles. The number of nitro benzene ring substituents is 1. The molecule has 160 valence electrons. The van der Waals surface area contributed by atoms with E-state index in [1.54, 1.807) is 6.07 Å². The molecular weight excluding hydrogens is 392 g/mol. The van der Waals surface area contributed by atoms with E-state index in [0.29, 0.717) is 18.5 Å². The summed E-state index contributed by atoms with van der Waals surface area (Å²) < 4.78 is 5.99. The summed E-state index contributed by atoms with van der Waals surface area (Å²) in [6.07, 6.45) is -0.123. The number of rotatable bonds is 3. The Balaban J connectivity index is 1.91. The molecule has 10 heteroatoms. The highest BCUT2D eigenvalue weighted by atomic mass is 16.6. The molecule has 1 spiro atoms. The SMILES string of the molecule is CCCN1C(=O)NC(=O)[C@]2(Cc3cc([N+](=O)[O-])ccc3N3C[C@@H](C)O[C@H](C)[C@@H]32)C1=O. The van der Waals surface area contributed by atoms with Gasteiger partial charge in [0, 0.05) is 37.3 Å². The number of anilines is 1. The zero-order chi connectivity index (χ0) is 21.8. The number of ether oxygens (including phenoxy) is 1. The van der Waals surface area contributed by atoms with Gasteiger partial charge in [-0.05, 0) is 31.9 Å². The molecule has 0 aliphatic carbocycles. The number of carbonyl (C=O) groups is 3. The number of imide groups is 2. The van der Waals surface area contributed by atoms with E-state index in [0.717, 1.165) is 10.6 Å². The average molecular weight is 416 g/mol. The lowest BCUT2D eigenvalue weighted by Gasteiger charge is -2.56. The summed E-state index contributed by atoms with van der Waals surface area (Å²) in [6, 6.07) is 3.14. The molecule has 4 rings (SSSR count). The van der Waals surface area contributed by atoms with Crippen LogP contribution in [-0.2, 0) is 20.7 Å². The van der Waals surface area contributed by atoms with Crippen LogP contribution in [0.2, 0.25) is 0 Å². The Morgan fingerprint density at radius 2 is 2.03 bits per heavy atom. The number of nitro groups is 1. The van der Waals surface area contributed by atoms with Crippen molar-refractivity contribution in [2.45, 2.75) is 51.9 Å². The van der Waals surface area contributed by atoms with Gasteiger partial charge in [0.2, 0.25) is 11.8 Å². The van der Waals surface area contributed by atoms with Crippen molar-refractivity contribution >= 4 is 29.2 Å². The van der Waals surface area contributed by atoms with E-state index in [1.165, 1.54) is 12.1 Å². The molecule has 0 saturated carbocycles. The number of hydrogen-bond acceptors (Lipinski definition) is 7. The van der Waals surface area contributed by atoms with Gasteiger partial charge < -0.3 is 9.64 Å². The Morgan fingerprint density at radius 1 is 1.30 bits per heavy atom. The first-order chi connectivity index (χ1) is 14.2. The van der Waals surface area contributed by atoms with E-state index in [1.807, 2.05) is 25.7 Å². The van der Waals surface area contributed by atoms with Gasteiger partial charge in [-0.3, -0.25) is 29.9 Å². The number of fused-ring (bicyclic) bond motifs is 4. The number of amides is 4. The Bertz CT molecular complexity index is 949. The first-order valence-electron chi connectivity index (χ1n) is 10.1. The van der Waals surface area contributed by atoms with E-state index >= 15 is 0 Å². The molecule has 10 nitrogen and oxygen atoms in total. The predicted molar refractivity (Wildman–Crippen MR) is 106 cm³/mol. The second-order valence-electron chi connectivity index (χ2n) is 8.18. The normalized spacial score (nSPS) is 30.8. The smallest absolute Gasteiger partial charge is 0.330 e. The van der Waals surface area contributed by atoms with Gasteiger partial charge in [-0.2, -0.15) is 0 Å². The lowest BCUT2D eigenvalue weighted by molar-refractivity contribution is -0.384. The fourth-order valence-electron chi connectivity index (χ4n) is 5.10. The van der Waals surface area contributed by atoms with Gasteiger partial charge in [0.1, 0.15) is 0 Å². The van der Waals surface area contributed by atoms with Crippen LogP contribution in [0.4, 0.5) is 16.2 Å². The van der Waals surface area contributed by atoms with Gasteiger partial charge >= 0.3 is 6.03 Å². The molecule has 3 heterocycles. The fourth-order valence-corrected chi connectivity index (χ4v) is 5.10. The molecule has 1 N–H and O–H groups in total. The second kappa shape index (κ2) is 7.05. The van der Waals surface area contributed by atoms with Gasteiger partial charge in [0.25, 0.3) is 5.69 Å². The van der Waals surface area contributed by atoms with Crippen LogP contribution in [0.15, 0.2) is 18.2 Å². The van der Waals surface area contributed by atoms with Crippen LogP contribution >= 0.6 is 0 Å². The van der Waals surface area contributed by atoms with Crippen LogP contribution in [0.25, 0.3) is 0 Å². The minimum absolute atomic E-state index is 0.0363. The lowest BCUT2D eigenvalue weighted by Crippen LogP contribution is -2.75. The van der Waals surface area contributed by atoms with Crippen LogP contribution in [0.3, 0.4) is 0 Å². The third-order valence-electron chi connectivity index (χ3n) is 6.18. The summed E-state index contributed by atoms with van der Waals surface area (Å²) in [5.41, 5.74) is -0.430. The van der Waals surface area contributed by atoms with Gasteiger partial charge in [-0.1, -0.05) is 6.92 Å². The highest BCUT2D eigenvalue weighted by Gasteiger charge is 2.64. The maximum absolute atomic E-state index is 13.7. The maximum Gasteiger partial charge on any atom is 0.330 e. The van der Waals surface area contributed by atoms with E-state index in [2.05, 4.69) is 5.32 Å². The van der Waals surface area contributed by atoms with E-state index in [9.17, 15) is 24.5 Å². The van der Waals surface area contributed by atoms with Crippen molar-refractivity contribution in [1.82, 2.24) is 10.2 Å². The predicted octanol–water partition coefficient (Wildman–Crippen LogP) is 1.61. The summed E-state index contributed by atoms with van der Waals surface area (Å²) in [4.78, 5) is 53.1. The number of non-ortho nitro benzene ring substituents is 1. The van der Waals surface area contributed by atoms with E-state index < -0.39 is 40.3 Å². The van der Waals surface area contributed by atoms with Crippen LogP contribution < -0.4 is 10.2 Å². The quantitative estimate of drug-likeness (QED) is 0.451. The van der Waals surface area contributed by atoms with Gasteiger partial charge in [-0.25, -0.2) is 4.79 Å². The number of carbonyl (C=O) groups excluding carboxylic acids is 3. The van der Waals surface area contributed by atoms with Crippen molar-refractivity contribution in [2.24, 2.45) is 5.41 Å². The molecule has 2 fully saturated rings. The minimum Gasteiger partial charge on any atom is -0.372 e. The summed E-state index contributed by atoms with van der Waals surface area (Å²) >= 11 is 0. The van der Waals surface area contributed by atoms with Crippen LogP contribution in [0, 0.1) is 15.5 Å². The van der Waals surface area contributed by atoms with Crippen molar-refractivity contribution < 1.29 is 24.0 Å². The molecule has 1 aromatic rings. The molecule has 0 radical (unpaired) electrons. The average Bonchev–Trinajstić information content (AvgIpc) is 2.68. The fraction of sp³-hybridized carbons (Fsp3) is 0.550. The summed E-state index contributed by atoms with van der Waals surface area (Å²) in [7, 11) is 0. The summed E-state index contributed by atoms with van der Waals surface area (Å²) in [5, 5.41) is 13.7. The monoisotopic (exact) mass is 416 g/mol. The molecule has 0 unspecified atom stereocenters. The zero-order valence-electron chi connectivity index (χ0n) is 17.1. The van der Waals surface area contributed by atoms with Crippen molar-refractivity contribution in [3.05, 3.63) is 33.9 Å². The van der Waals surface area contributed by atoms with Crippen molar-refractivity contribution in [3.8, 4) is 0 Å². The molecular formula is C20H24N4O6. The van der Waals surface area contributed by atoms with E-state index in [-0.39, 0.29) is 24.8 Å². The number of benzene rings is 1. The zero-order valence-corrected chi connectivity index (χ0v) is 17.1. The van der Waals surface area contributed by atoms with Crippen LogP contribution in [-0.4, -0.2) is 59.0 Å². The Morgan fingerprint density at radius 3 is 2.70 bits per heavy atom. The Labute approximate surface area is 173 Å². The third kappa shape index (κ3) is 2.78. The highest BCUT2D eigenvalue weighted by molar-refractivity contribution is 6.20. The summed E-state index contributed by atoms with van der Waals surface area (Å²) in [6.45, 7) is 6.15. The van der Waals surface area contributed by atoms with Gasteiger partial charge in [-0.15, -0.1) is 0 Å². The van der Waals surface area contributed by atoms with Gasteiger partial charge in [0.05, 0.1) is 23.2 Å². The molecule has 3 aliphatic heterocycles. The molecule has 1 aromatic carbocycles. The minimum atomic E-state index is -1.61. The molecule has 4 atom stereocenters. The van der Waals surface area contributed by atoms with Crippen molar-refractivity contribution in [1.29, 1.82) is 0 Å². The number of nitrogens with one attached hydrogen (secondary N) is 1. The van der Waals surface area contributed by atoms with Gasteiger partial charge in [0.15, 0.2) is 5.41 Å².